The standard InChI is InChI=1S/C31H52OSi3/c1-23(2)33(24(3)4)31(29-19-15-13-16-20-29,30-21-17-14-18-22-30)32-34(25(5)6,26(7)8)35(33,27(9)10)28(11)12/h13-28H,1-12H3. The van der Waals surface area contributed by atoms with Crippen LogP contribution in [0, 0.1) is 0 Å². The molecular formula is C31H52OSi3. The molecule has 0 unspecified atom stereocenters. The fourth-order valence-corrected chi connectivity index (χ4v) is 75.4. The molecule has 194 valence electrons. The minimum absolute atomic E-state index is 0.306. The van der Waals surface area contributed by atoms with Crippen molar-refractivity contribution in [1.82, 2.24) is 0 Å². The molecule has 1 nitrogen and oxygen atoms in total. The molecule has 1 aliphatic heterocycles. The van der Waals surface area contributed by atoms with E-state index in [1.165, 1.54) is 11.1 Å². The lowest BCUT2D eigenvalue weighted by Gasteiger charge is -2.62. The molecule has 0 aromatic heterocycles. The molecule has 0 aliphatic carbocycles. The topological polar surface area (TPSA) is 9.23 Å². The number of hydrogen-bond donors (Lipinski definition) is 0. The van der Waals surface area contributed by atoms with Crippen LogP contribution in [-0.4, -0.2) is 22.5 Å². The molecule has 35 heavy (non-hydrogen) atoms. The summed E-state index contributed by atoms with van der Waals surface area (Å²) in [4.78, 5) is 0. The van der Waals surface area contributed by atoms with Crippen molar-refractivity contribution in [3.8, 4) is 0 Å². The Labute approximate surface area is 219 Å². The van der Waals surface area contributed by atoms with Crippen molar-refractivity contribution in [2.75, 3.05) is 0 Å². The Balaban J connectivity index is 2.76. The fourth-order valence-electron chi connectivity index (χ4n) is 9.96. The summed E-state index contributed by atoms with van der Waals surface area (Å²) in [5.74, 6) is 0. The number of benzene rings is 2. The summed E-state index contributed by atoms with van der Waals surface area (Å²) >= 11 is 0. The maximum Gasteiger partial charge on any atom is 0.184 e. The highest BCUT2D eigenvalue weighted by molar-refractivity contribution is 7.72. The smallest absolute Gasteiger partial charge is 0.184 e. The van der Waals surface area contributed by atoms with Crippen LogP contribution in [0.15, 0.2) is 60.7 Å². The minimum Gasteiger partial charge on any atom is -0.409 e. The van der Waals surface area contributed by atoms with Crippen molar-refractivity contribution in [1.29, 1.82) is 0 Å². The molecule has 0 spiro atoms. The molecule has 1 fully saturated rings. The Morgan fingerprint density at radius 2 is 0.829 bits per heavy atom. The Kier molecular flexibility index (Phi) is 8.24. The van der Waals surface area contributed by atoms with Gasteiger partial charge in [-0.3, -0.25) is 0 Å². The van der Waals surface area contributed by atoms with E-state index in [0.29, 0.717) is 33.2 Å². The molecule has 3 rings (SSSR count). The Bertz CT molecular complexity index is 900. The van der Waals surface area contributed by atoms with Crippen molar-refractivity contribution in [3.05, 3.63) is 71.8 Å². The van der Waals surface area contributed by atoms with Crippen LogP contribution in [0.25, 0.3) is 0 Å². The Morgan fingerprint density at radius 1 is 0.486 bits per heavy atom. The largest absolute Gasteiger partial charge is 0.409 e. The number of rotatable bonds is 8. The highest BCUT2D eigenvalue weighted by atomic mass is 29.7. The molecule has 0 saturated carbocycles. The first-order valence-electron chi connectivity index (χ1n) is 14.1. The molecular weight excluding hydrogens is 473 g/mol. The van der Waals surface area contributed by atoms with E-state index < -0.39 is 22.5 Å². The van der Waals surface area contributed by atoms with Gasteiger partial charge in [0.2, 0.25) is 0 Å². The predicted octanol–water partition coefficient (Wildman–Crippen LogP) is 9.96. The average molecular weight is 525 g/mol. The lowest BCUT2D eigenvalue weighted by atomic mass is 10.0. The van der Waals surface area contributed by atoms with E-state index in [2.05, 4.69) is 144 Å². The predicted molar refractivity (Wildman–Crippen MR) is 163 cm³/mol. The first-order chi connectivity index (χ1) is 16.3. The van der Waals surface area contributed by atoms with Gasteiger partial charge in [-0.15, -0.1) is 0 Å². The van der Waals surface area contributed by atoms with Gasteiger partial charge in [-0.05, 0) is 33.3 Å². The van der Waals surface area contributed by atoms with Gasteiger partial charge < -0.3 is 4.43 Å². The van der Waals surface area contributed by atoms with Crippen LogP contribution < -0.4 is 0 Å². The SMILES string of the molecule is CC(C)[Si]1(C(C)C)OC(c2ccccc2)(c2ccccc2)[Si](C(C)C)(C(C)C)[Si]1(C(C)C)C(C)C. The van der Waals surface area contributed by atoms with Gasteiger partial charge >= 0.3 is 0 Å². The van der Waals surface area contributed by atoms with Crippen molar-refractivity contribution < 1.29 is 4.43 Å². The lowest BCUT2D eigenvalue weighted by Crippen LogP contribution is -2.81. The highest BCUT2D eigenvalue weighted by Crippen LogP contribution is 2.72. The molecule has 0 bridgehead atoms. The van der Waals surface area contributed by atoms with Crippen LogP contribution in [0.3, 0.4) is 0 Å². The Hall–Kier alpha value is -0.949. The molecule has 1 saturated heterocycles. The summed E-state index contributed by atoms with van der Waals surface area (Å²) in [6, 6.07) is 23.0. The summed E-state index contributed by atoms with van der Waals surface area (Å²) in [6.45, 7) is 30.9. The van der Waals surface area contributed by atoms with Gasteiger partial charge in [0.15, 0.2) is 7.83 Å². The van der Waals surface area contributed by atoms with Gasteiger partial charge in [-0.25, -0.2) is 0 Å². The second-order valence-corrected chi connectivity index (χ2v) is 37.2. The molecule has 0 atom stereocenters. The molecule has 0 amide bonds. The third-order valence-electron chi connectivity index (χ3n) is 9.95. The molecule has 2 aromatic carbocycles. The molecule has 1 aliphatic rings. The maximum absolute atomic E-state index is 8.37. The van der Waals surface area contributed by atoms with Gasteiger partial charge in [0, 0.05) is 0 Å². The van der Waals surface area contributed by atoms with Crippen molar-refractivity contribution in [2.24, 2.45) is 0 Å². The zero-order valence-corrected chi connectivity index (χ0v) is 27.6. The third-order valence-corrected chi connectivity index (χ3v) is 56.5. The van der Waals surface area contributed by atoms with Gasteiger partial charge in [0.1, 0.15) is 7.59 Å². The van der Waals surface area contributed by atoms with Crippen LogP contribution in [0.2, 0.25) is 33.2 Å². The highest BCUT2D eigenvalue weighted by Gasteiger charge is 2.85. The number of hydrogen-bond acceptors (Lipinski definition) is 1. The van der Waals surface area contributed by atoms with E-state index in [9.17, 15) is 0 Å². The zero-order valence-electron chi connectivity index (χ0n) is 24.6. The quantitative estimate of drug-likeness (QED) is 0.312. The van der Waals surface area contributed by atoms with Crippen molar-refractivity contribution in [3.63, 3.8) is 0 Å². The molecule has 0 radical (unpaired) electrons. The molecule has 4 heteroatoms. The van der Waals surface area contributed by atoms with Gasteiger partial charge in [0.25, 0.3) is 0 Å². The van der Waals surface area contributed by atoms with Crippen molar-refractivity contribution in [2.45, 2.75) is 122 Å². The first-order valence-corrected chi connectivity index (χ1v) is 22.5. The Morgan fingerprint density at radius 3 is 1.09 bits per heavy atom. The monoisotopic (exact) mass is 524 g/mol. The van der Waals surface area contributed by atoms with E-state index in [0.717, 1.165) is 0 Å². The maximum atomic E-state index is 8.37. The normalized spacial score (nSPS) is 20.6. The summed E-state index contributed by atoms with van der Waals surface area (Å²) < 4.78 is 8.37. The lowest BCUT2D eigenvalue weighted by molar-refractivity contribution is 0.178. The van der Waals surface area contributed by atoms with E-state index >= 15 is 0 Å². The summed E-state index contributed by atoms with van der Waals surface area (Å²) in [5, 5.41) is -0.306. The van der Waals surface area contributed by atoms with E-state index in [1.807, 2.05) is 0 Å². The summed E-state index contributed by atoms with van der Waals surface area (Å²) in [5.41, 5.74) is 6.70. The van der Waals surface area contributed by atoms with Gasteiger partial charge in [-0.1, -0.05) is 155 Å². The van der Waals surface area contributed by atoms with Gasteiger partial charge in [-0.2, -0.15) is 0 Å². The van der Waals surface area contributed by atoms with E-state index in [4.69, 9.17) is 4.43 Å². The summed E-state index contributed by atoms with van der Waals surface area (Å²) in [6.07, 6.45) is 0. The first kappa shape index (κ1) is 28.6. The van der Waals surface area contributed by atoms with Crippen molar-refractivity contribution >= 4 is 22.5 Å². The molecule has 0 N–H and O–H groups in total. The average Bonchev–Trinajstić information content (AvgIpc) is 3.09. The van der Waals surface area contributed by atoms with E-state index in [1.54, 1.807) is 0 Å². The van der Waals surface area contributed by atoms with Crippen LogP contribution in [0.5, 0.6) is 0 Å². The second-order valence-electron chi connectivity index (χ2n) is 13.0. The van der Waals surface area contributed by atoms with Crippen LogP contribution in [0.4, 0.5) is 0 Å². The summed E-state index contributed by atoms with van der Waals surface area (Å²) in [7, 11) is -6.54. The molecule has 1 heterocycles. The van der Waals surface area contributed by atoms with E-state index in [-0.39, 0.29) is 5.22 Å². The van der Waals surface area contributed by atoms with Crippen LogP contribution in [-0.2, 0) is 9.65 Å². The fraction of sp³-hybridized carbons (Fsp3) is 0.613. The third kappa shape index (κ3) is 3.45. The van der Waals surface area contributed by atoms with Gasteiger partial charge in [0.05, 0.1) is 12.3 Å². The molecule has 2 aromatic rings. The second kappa shape index (κ2) is 10.1. The minimum atomic E-state index is -2.25. The zero-order chi connectivity index (χ0) is 26.4. The van der Waals surface area contributed by atoms with Crippen LogP contribution in [0.1, 0.15) is 94.2 Å². The van der Waals surface area contributed by atoms with Crippen LogP contribution >= 0.6 is 0 Å².